The second kappa shape index (κ2) is 5.14. The standard InChI is InChI=1S/C15H20BrNSi/c1-11-5-6-12(9-14(11)16)15-8-7-13(10-17-15)18(2,3)4/h5-11,14H,1-4H3. The lowest BCUT2D eigenvalue weighted by molar-refractivity contribution is 0.764. The maximum absolute atomic E-state index is 4.62. The Kier molecular flexibility index (Phi) is 3.92. The van der Waals surface area contributed by atoms with Gasteiger partial charge in [-0.15, -0.1) is 0 Å². The Morgan fingerprint density at radius 1 is 1.22 bits per heavy atom. The van der Waals surface area contributed by atoms with E-state index in [1.54, 1.807) is 0 Å². The summed E-state index contributed by atoms with van der Waals surface area (Å²) >= 11 is 3.69. The third-order valence-electron chi connectivity index (χ3n) is 3.35. The van der Waals surface area contributed by atoms with Gasteiger partial charge in [0, 0.05) is 11.0 Å². The van der Waals surface area contributed by atoms with E-state index in [0.29, 0.717) is 10.7 Å². The van der Waals surface area contributed by atoms with Crippen LogP contribution in [0.4, 0.5) is 0 Å². The molecule has 3 heteroatoms. The van der Waals surface area contributed by atoms with Crippen molar-refractivity contribution in [2.24, 2.45) is 5.92 Å². The molecule has 0 aliphatic heterocycles. The molecule has 1 heterocycles. The fourth-order valence-corrected chi connectivity index (χ4v) is 3.42. The molecule has 2 atom stereocenters. The summed E-state index contributed by atoms with van der Waals surface area (Å²) in [6.45, 7) is 9.25. The third kappa shape index (κ3) is 3.01. The van der Waals surface area contributed by atoms with E-state index in [4.69, 9.17) is 0 Å². The minimum atomic E-state index is -1.24. The SMILES string of the molecule is CC1C=CC(c2ccc([Si](C)(C)C)cn2)=CC1Br. The Balaban J connectivity index is 2.26. The van der Waals surface area contributed by atoms with Crippen molar-refractivity contribution in [2.75, 3.05) is 0 Å². The van der Waals surface area contributed by atoms with Crippen LogP contribution in [0.2, 0.25) is 19.6 Å². The van der Waals surface area contributed by atoms with Gasteiger partial charge in [0.2, 0.25) is 0 Å². The molecule has 18 heavy (non-hydrogen) atoms. The molecule has 0 spiro atoms. The average Bonchev–Trinajstić information content (AvgIpc) is 2.32. The van der Waals surface area contributed by atoms with Crippen molar-refractivity contribution < 1.29 is 0 Å². The highest BCUT2D eigenvalue weighted by molar-refractivity contribution is 9.09. The van der Waals surface area contributed by atoms with E-state index < -0.39 is 8.07 Å². The molecule has 1 aromatic rings. The summed E-state index contributed by atoms with van der Waals surface area (Å²) in [7, 11) is -1.24. The van der Waals surface area contributed by atoms with Crippen molar-refractivity contribution in [3.63, 3.8) is 0 Å². The molecular formula is C15H20BrNSi. The van der Waals surface area contributed by atoms with Gasteiger partial charge < -0.3 is 0 Å². The van der Waals surface area contributed by atoms with Crippen molar-refractivity contribution >= 4 is 34.8 Å². The third-order valence-corrected chi connectivity index (χ3v) is 6.47. The van der Waals surface area contributed by atoms with E-state index in [2.05, 4.69) is 84.0 Å². The minimum absolute atomic E-state index is 0.413. The Bertz CT molecular complexity index is 482. The van der Waals surface area contributed by atoms with E-state index in [0.717, 1.165) is 5.69 Å². The zero-order valence-electron chi connectivity index (χ0n) is 11.4. The number of alkyl halides is 1. The van der Waals surface area contributed by atoms with Gasteiger partial charge in [-0.1, -0.05) is 66.8 Å². The van der Waals surface area contributed by atoms with Crippen LogP contribution in [-0.2, 0) is 0 Å². The first-order valence-electron chi connectivity index (χ1n) is 6.39. The molecule has 96 valence electrons. The highest BCUT2D eigenvalue weighted by Gasteiger charge is 2.18. The molecule has 2 unspecified atom stereocenters. The van der Waals surface area contributed by atoms with Crippen LogP contribution < -0.4 is 5.19 Å². The molecule has 1 aliphatic carbocycles. The summed E-state index contributed by atoms with van der Waals surface area (Å²) in [6.07, 6.45) is 8.72. The predicted octanol–water partition coefficient (Wildman–Crippen LogP) is 3.98. The van der Waals surface area contributed by atoms with E-state index in [9.17, 15) is 0 Å². The smallest absolute Gasteiger partial charge is 0.0796 e. The number of allylic oxidation sites excluding steroid dienone is 4. The summed E-state index contributed by atoms with van der Waals surface area (Å²) in [5, 5.41) is 1.41. The van der Waals surface area contributed by atoms with E-state index >= 15 is 0 Å². The fraction of sp³-hybridized carbons (Fsp3) is 0.400. The number of halogens is 1. The normalized spacial score (nSPS) is 23.9. The Morgan fingerprint density at radius 2 is 1.94 bits per heavy atom. The van der Waals surface area contributed by atoms with Crippen molar-refractivity contribution in [1.82, 2.24) is 4.98 Å². The number of aromatic nitrogens is 1. The van der Waals surface area contributed by atoms with Crippen LogP contribution in [0.15, 0.2) is 36.6 Å². The second-order valence-electron chi connectivity index (χ2n) is 5.97. The molecule has 0 saturated carbocycles. The summed E-state index contributed by atoms with van der Waals surface area (Å²) < 4.78 is 0. The average molecular weight is 322 g/mol. The molecule has 0 amide bonds. The Hall–Kier alpha value is -0.673. The largest absolute Gasteiger partial charge is 0.256 e. The molecule has 0 bridgehead atoms. The molecule has 0 radical (unpaired) electrons. The fourth-order valence-electron chi connectivity index (χ4n) is 1.92. The number of rotatable bonds is 2. The summed E-state index contributed by atoms with van der Waals surface area (Å²) in [4.78, 5) is 5.04. The quantitative estimate of drug-likeness (QED) is 0.593. The predicted molar refractivity (Wildman–Crippen MR) is 86.2 cm³/mol. The van der Waals surface area contributed by atoms with Gasteiger partial charge in [-0.3, -0.25) is 4.98 Å². The highest BCUT2D eigenvalue weighted by Crippen LogP contribution is 2.27. The molecule has 1 aromatic heterocycles. The first kappa shape index (κ1) is 13.8. The van der Waals surface area contributed by atoms with Crippen LogP contribution in [-0.4, -0.2) is 17.9 Å². The molecule has 1 aliphatic rings. The molecule has 0 fully saturated rings. The van der Waals surface area contributed by atoms with Gasteiger partial charge in [0.25, 0.3) is 0 Å². The summed E-state index contributed by atoms with van der Waals surface area (Å²) in [5.74, 6) is 0.551. The number of pyridine rings is 1. The first-order chi connectivity index (χ1) is 8.38. The maximum Gasteiger partial charge on any atom is 0.0796 e. The van der Waals surface area contributed by atoms with Gasteiger partial charge in [0.1, 0.15) is 0 Å². The van der Waals surface area contributed by atoms with Gasteiger partial charge in [-0.2, -0.15) is 0 Å². The molecular weight excluding hydrogens is 302 g/mol. The van der Waals surface area contributed by atoms with Crippen LogP contribution in [0.5, 0.6) is 0 Å². The Morgan fingerprint density at radius 3 is 2.44 bits per heavy atom. The topological polar surface area (TPSA) is 12.9 Å². The van der Waals surface area contributed by atoms with Crippen LogP contribution in [0.3, 0.4) is 0 Å². The summed E-state index contributed by atoms with van der Waals surface area (Å²) in [6, 6.07) is 4.39. The number of hydrogen-bond acceptors (Lipinski definition) is 1. The van der Waals surface area contributed by atoms with Crippen molar-refractivity contribution in [3.05, 3.63) is 42.3 Å². The van der Waals surface area contributed by atoms with Gasteiger partial charge >= 0.3 is 0 Å². The zero-order valence-corrected chi connectivity index (χ0v) is 14.0. The van der Waals surface area contributed by atoms with Crippen LogP contribution in [0.1, 0.15) is 12.6 Å². The van der Waals surface area contributed by atoms with Crippen LogP contribution >= 0.6 is 15.9 Å². The van der Waals surface area contributed by atoms with Crippen molar-refractivity contribution in [3.8, 4) is 0 Å². The lowest BCUT2D eigenvalue weighted by Gasteiger charge is -2.19. The Labute approximate surface area is 119 Å². The molecule has 2 rings (SSSR count). The van der Waals surface area contributed by atoms with Crippen molar-refractivity contribution in [2.45, 2.75) is 31.4 Å². The van der Waals surface area contributed by atoms with E-state index in [-0.39, 0.29) is 0 Å². The lowest BCUT2D eigenvalue weighted by atomic mass is 9.96. The molecule has 0 aromatic carbocycles. The van der Waals surface area contributed by atoms with E-state index in [1.165, 1.54) is 10.8 Å². The maximum atomic E-state index is 4.62. The van der Waals surface area contributed by atoms with Crippen molar-refractivity contribution in [1.29, 1.82) is 0 Å². The molecule has 1 nitrogen and oxygen atoms in total. The van der Waals surface area contributed by atoms with Gasteiger partial charge in [0.15, 0.2) is 0 Å². The highest BCUT2D eigenvalue weighted by atomic mass is 79.9. The van der Waals surface area contributed by atoms with Gasteiger partial charge in [-0.05, 0) is 22.7 Å². The first-order valence-corrected chi connectivity index (χ1v) is 10.8. The van der Waals surface area contributed by atoms with Crippen LogP contribution in [0, 0.1) is 5.92 Å². The van der Waals surface area contributed by atoms with Crippen LogP contribution in [0.25, 0.3) is 5.57 Å². The lowest BCUT2D eigenvalue weighted by Crippen LogP contribution is -2.37. The molecule has 0 N–H and O–H groups in total. The monoisotopic (exact) mass is 321 g/mol. The molecule has 0 saturated heterocycles. The van der Waals surface area contributed by atoms with E-state index in [1.807, 2.05) is 0 Å². The second-order valence-corrected chi connectivity index (χ2v) is 12.1. The van der Waals surface area contributed by atoms with Gasteiger partial charge in [0.05, 0.1) is 13.8 Å². The minimum Gasteiger partial charge on any atom is -0.256 e. The number of nitrogens with zero attached hydrogens (tertiary/aromatic N) is 1. The summed E-state index contributed by atoms with van der Waals surface area (Å²) in [5.41, 5.74) is 2.29. The zero-order chi connectivity index (χ0) is 13.3. The van der Waals surface area contributed by atoms with Gasteiger partial charge in [-0.25, -0.2) is 0 Å². The number of hydrogen-bond donors (Lipinski definition) is 0.